The minimum absolute atomic E-state index is 0.590. The fraction of sp³-hybridized carbons (Fsp3) is 0. The molecule has 0 aliphatic heterocycles. The molecule has 12 heavy (non-hydrogen) atoms. The van der Waals surface area contributed by atoms with Crippen molar-refractivity contribution in [3.8, 4) is 0 Å². The lowest BCUT2D eigenvalue weighted by Gasteiger charge is -1.91. The van der Waals surface area contributed by atoms with Gasteiger partial charge in [0.2, 0.25) is 0 Å². The summed E-state index contributed by atoms with van der Waals surface area (Å²) in [6.07, 6.45) is 3.54. The van der Waals surface area contributed by atoms with Crippen molar-refractivity contribution in [2.45, 2.75) is 0 Å². The monoisotopic (exact) mass is 175 g/mol. The summed E-state index contributed by atoms with van der Waals surface area (Å²) in [6, 6.07) is 3.87. The zero-order valence-electron chi connectivity index (χ0n) is 6.11. The summed E-state index contributed by atoms with van der Waals surface area (Å²) < 4.78 is 0. The summed E-state index contributed by atoms with van der Waals surface area (Å²) in [5.74, 6) is 0.590. The third kappa shape index (κ3) is 1.03. The van der Waals surface area contributed by atoms with Crippen molar-refractivity contribution in [2.24, 2.45) is 4.99 Å². The first-order valence-corrected chi connectivity index (χ1v) is 3.82. The molecule has 0 unspecified atom stereocenters. The highest BCUT2D eigenvalue weighted by Gasteiger charge is 1.99. The number of aliphatic imine (C=N–C) groups is 1. The van der Waals surface area contributed by atoms with Crippen molar-refractivity contribution >= 4 is 34.1 Å². The second-order valence-corrected chi connectivity index (χ2v) is 2.46. The zero-order chi connectivity index (χ0) is 8.39. The SMILES string of the molecule is S=C=Nc1nccc2cc[nH]c12. The molecule has 2 aromatic heterocycles. The minimum Gasteiger partial charge on any atom is -0.358 e. The fourth-order valence-corrected chi connectivity index (χ4v) is 1.18. The van der Waals surface area contributed by atoms with E-state index in [0.717, 1.165) is 10.9 Å². The number of hydrogen-bond donors (Lipinski definition) is 1. The summed E-state index contributed by atoms with van der Waals surface area (Å²) in [5.41, 5.74) is 0.898. The maximum atomic E-state index is 4.50. The molecule has 3 nitrogen and oxygen atoms in total. The van der Waals surface area contributed by atoms with Crippen LogP contribution in [0.15, 0.2) is 29.5 Å². The molecule has 0 atom stereocenters. The van der Waals surface area contributed by atoms with Crippen LogP contribution in [0.5, 0.6) is 0 Å². The van der Waals surface area contributed by atoms with Gasteiger partial charge in [-0.1, -0.05) is 0 Å². The molecule has 4 heteroatoms. The van der Waals surface area contributed by atoms with Crippen LogP contribution >= 0.6 is 12.2 Å². The van der Waals surface area contributed by atoms with Gasteiger partial charge >= 0.3 is 0 Å². The lowest BCUT2D eigenvalue weighted by Crippen LogP contribution is -1.74. The number of fused-ring (bicyclic) bond motifs is 1. The van der Waals surface area contributed by atoms with Crippen LogP contribution in [0.25, 0.3) is 10.9 Å². The maximum absolute atomic E-state index is 4.50. The molecule has 2 heterocycles. The van der Waals surface area contributed by atoms with Crippen molar-refractivity contribution in [2.75, 3.05) is 0 Å². The number of aromatic amines is 1. The molecule has 0 spiro atoms. The standard InChI is InChI=1S/C8H5N3S/c12-5-11-8-7-6(1-3-9-7)2-4-10-8/h1-4,9H. The number of nitrogens with one attached hydrogen (secondary N) is 1. The third-order valence-corrected chi connectivity index (χ3v) is 1.70. The lowest BCUT2D eigenvalue weighted by atomic mass is 10.3. The molecule has 0 bridgehead atoms. The Balaban J connectivity index is 2.81. The van der Waals surface area contributed by atoms with Gasteiger partial charge in [0.1, 0.15) is 0 Å². The Bertz CT molecular complexity index is 454. The Labute approximate surface area is 74.2 Å². The van der Waals surface area contributed by atoms with Gasteiger partial charge in [-0.25, -0.2) is 4.98 Å². The quantitative estimate of drug-likeness (QED) is 0.533. The Hall–Kier alpha value is -1.51. The van der Waals surface area contributed by atoms with Crippen molar-refractivity contribution in [1.82, 2.24) is 9.97 Å². The number of thiocarbonyl (C=S) groups is 1. The molecule has 0 saturated heterocycles. The first-order valence-electron chi connectivity index (χ1n) is 3.42. The van der Waals surface area contributed by atoms with Crippen molar-refractivity contribution in [3.05, 3.63) is 24.5 Å². The summed E-state index contributed by atoms with van der Waals surface area (Å²) >= 11 is 4.50. The molecule has 0 fully saturated rings. The number of hydrogen-bond acceptors (Lipinski definition) is 3. The second kappa shape index (κ2) is 2.85. The highest BCUT2D eigenvalue weighted by Crippen LogP contribution is 2.20. The first kappa shape index (κ1) is 7.16. The van der Waals surface area contributed by atoms with Gasteiger partial charge in [-0.15, -0.1) is 0 Å². The normalized spacial score (nSPS) is 9.67. The fourth-order valence-electron chi connectivity index (χ4n) is 1.09. The Morgan fingerprint density at radius 3 is 3.25 bits per heavy atom. The highest BCUT2D eigenvalue weighted by atomic mass is 32.1. The highest BCUT2D eigenvalue weighted by molar-refractivity contribution is 7.78. The predicted octanol–water partition coefficient (Wildman–Crippen LogP) is 2.30. The van der Waals surface area contributed by atoms with E-state index in [1.54, 1.807) is 6.20 Å². The van der Waals surface area contributed by atoms with E-state index in [9.17, 15) is 0 Å². The van der Waals surface area contributed by atoms with Crippen LogP contribution < -0.4 is 0 Å². The van der Waals surface area contributed by atoms with E-state index >= 15 is 0 Å². The predicted molar refractivity (Wildman–Crippen MR) is 50.8 cm³/mol. The van der Waals surface area contributed by atoms with Gasteiger partial charge in [0.05, 0.1) is 10.7 Å². The summed E-state index contributed by atoms with van der Waals surface area (Å²) in [5, 5.41) is 3.37. The van der Waals surface area contributed by atoms with Crippen LogP contribution in [0.4, 0.5) is 5.82 Å². The summed E-state index contributed by atoms with van der Waals surface area (Å²) in [4.78, 5) is 10.9. The molecule has 2 rings (SSSR count). The van der Waals surface area contributed by atoms with Gasteiger partial charge in [0.25, 0.3) is 0 Å². The maximum Gasteiger partial charge on any atom is 0.186 e. The third-order valence-electron chi connectivity index (χ3n) is 1.61. The van der Waals surface area contributed by atoms with Gasteiger partial charge in [-0.2, -0.15) is 4.99 Å². The average molecular weight is 175 g/mol. The molecule has 0 aliphatic carbocycles. The van der Waals surface area contributed by atoms with E-state index < -0.39 is 0 Å². The molecular weight excluding hydrogens is 170 g/mol. The van der Waals surface area contributed by atoms with Crippen LogP contribution in [0, 0.1) is 0 Å². The molecule has 0 aliphatic rings. The average Bonchev–Trinajstić information content (AvgIpc) is 2.53. The van der Waals surface area contributed by atoms with Crippen LogP contribution in [0.3, 0.4) is 0 Å². The smallest absolute Gasteiger partial charge is 0.186 e. The molecule has 2 aromatic rings. The number of nitrogens with zero attached hydrogens (tertiary/aromatic N) is 2. The van der Waals surface area contributed by atoms with Crippen molar-refractivity contribution < 1.29 is 0 Å². The zero-order valence-corrected chi connectivity index (χ0v) is 6.93. The van der Waals surface area contributed by atoms with E-state index in [-0.39, 0.29) is 0 Å². The molecule has 1 N–H and O–H groups in total. The Kier molecular flexibility index (Phi) is 1.70. The van der Waals surface area contributed by atoms with Gasteiger partial charge in [-0.3, -0.25) is 0 Å². The minimum atomic E-state index is 0.590. The van der Waals surface area contributed by atoms with Crippen LogP contribution in [-0.2, 0) is 0 Å². The van der Waals surface area contributed by atoms with Gasteiger partial charge in [-0.05, 0) is 24.4 Å². The Morgan fingerprint density at radius 2 is 2.42 bits per heavy atom. The molecule has 0 saturated carbocycles. The van der Waals surface area contributed by atoms with Crippen LogP contribution in [0.1, 0.15) is 0 Å². The Morgan fingerprint density at radius 1 is 1.50 bits per heavy atom. The summed E-state index contributed by atoms with van der Waals surface area (Å²) in [7, 11) is 0. The van der Waals surface area contributed by atoms with Crippen molar-refractivity contribution in [3.63, 3.8) is 0 Å². The van der Waals surface area contributed by atoms with E-state index in [2.05, 4.69) is 32.3 Å². The molecule has 0 amide bonds. The van der Waals surface area contributed by atoms with E-state index in [1.165, 1.54) is 0 Å². The van der Waals surface area contributed by atoms with Crippen LogP contribution in [-0.4, -0.2) is 15.1 Å². The second-order valence-electron chi connectivity index (χ2n) is 2.28. The van der Waals surface area contributed by atoms with Gasteiger partial charge in [0, 0.05) is 17.8 Å². The van der Waals surface area contributed by atoms with Gasteiger partial charge in [0.15, 0.2) is 5.82 Å². The number of isothiocyanates is 1. The van der Waals surface area contributed by atoms with Gasteiger partial charge < -0.3 is 4.98 Å². The number of H-pyrrole nitrogens is 1. The number of pyridine rings is 1. The largest absolute Gasteiger partial charge is 0.358 e. The summed E-state index contributed by atoms with van der Waals surface area (Å²) in [6.45, 7) is 0. The molecule has 0 radical (unpaired) electrons. The van der Waals surface area contributed by atoms with E-state index in [0.29, 0.717) is 5.82 Å². The number of aromatic nitrogens is 2. The lowest BCUT2D eigenvalue weighted by molar-refractivity contribution is 1.29. The first-order chi connectivity index (χ1) is 5.92. The molecule has 58 valence electrons. The molecular formula is C8H5N3S. The number of rotatable bonds is 1. The topological polar surface area (TPSA) is 41.0 Å². The van der Waals surface area contributed by atoms with Crippen LogP contribution in [0.2, 0.25) is 0 Å². The van der Waals surface area contributed by atoms with Crippen molar-refractivity contribution in [1.29, 1.82) is 0 Å². The van der Waals surface area contributed by atoms with E-state index in [1.807, 2.05) is 18.3 Å². The molecule has 0 aromatic carbocycles. The van der Waals surface area contributed by atoms with E-state index in [4.69, 9.17) is 0 Å².